The van der Waals surface area contributed by atoms with E-state index < -0.39 is 6.16 Å². The standard InChI is InChI=1S/C17H26O6/c1-5-7-9-21-14-12(4)11(3)13(18)15(23-17(19)20)16(14)22-10-8-6-2/h18H,5-10H2,1-4H3,(H,19,20). The van der Waals surface area contributed by atoms with Crippen LogP contribution in [0.4, 0.5) is 4.79 Å². The summed E-state index contributed by atoms with van der Waals surface area (Å²) in [5.41, 5.74) is 1.22. The smallest absolute Gasteiger partial charge is 0.504 e. The Hall–Kier alpha value is -2.11. The molecule has 1 aromatic rings. The second kappa shape index (κ2) is 9.12. The molecule has 0 atom stereocenters. The molecule has 0 aromatic heterocycles. The van der Waals surface area contributed by atoms with Gasteiger partial charge in [-0.25, -0.2) is 4.79 Å². The van der Waals surface area contributed by atoms with Gasteiger partial charge >= 0.3 is 6.16 Å². The number of phenols is 1. The number of carboxylic acid groups (broad SMARTS) is 1. The van der Waals surface area contributed by atoms with Gasteiger partial charge in [-0.15, -0.1) is 0 Å². The lowest BCUT2D eigenvalue weighted by Gasteiger charge is -2.20. The Bertz CT molecular complexity index is 539. The zero-order chi connectivity index (χ0) is 17.4. The largest absolute Gasteiger partial charge is 0.511 e. The summed E-state index contributed by atoms with van der Waals surface area (Å²) in [6.07, 6.45) is 2.05. The minimum absolute atomic E-state index is 0.151. The van der Waals surface area contributed by atoms with Crippen LogP contribution in [-0.2, 0) is 0 Å². The first kappa shape index (κ1) is 18.9. The Balaban J connectivity index is 3.30. The summed E-state index contributed by atoms with van der Waals surface area (Å²) in [6, 6.07) is 0. The van der Waals surface area contributed by atoms with Crippen LogP contribution >= 0.6 is 0 Å². The average Bonchev–Trinajstić information content (AvgIpc) is 2.51. The van der Waals surface area contributed by atoms with Gasteiger partial charge in [0.15, 0.2) is 11.5 Å². The zero-order valence-electron chi connectivity index (χ0n) is 14.3. The van der Waals surface area contributed by atoms with Crippen molar-refractivity contribution in [2.75, 3.05) is 13.2 Å². The number of carbonyl (C=O) groups is 1. The van der Waals surface area contributed by atoms with E-state index in [0.717, 1.165) is 25.7 Å². The summed E-state index contributed by atoms with van der Waals surface area (Å²) in [5.74, 6) is 0.140. The Morgan fingerprint density at radius 2 is 1.43 bits per heavy atom. The molecule has 0 bridgehead atoms. The molecule has 1 aromatic carbocycles. The number of hydrogen-bond donors (Lipinski definition) is 2. The van der Waals surface area contributed by atoms with Gasteiger partial charge in [-0.2, -0.15) is 0 Å². The van der Waals surface area contributed by atoms with Gasteiger partial charge in [-0.05, 0) is 26.7 Å². The van der Waals surface area contributed by atoms with Gasteiger partial charge in [0.25, 0.3) is 0 Å². The average molecular weight is 326 g/mol. The van der Waals surface area contributed by atoms with Crippen LogP contribution < -0.4 is 14.2 Å². The molecule has 0 heterocycles. The van der Waals surface area contributed by atoms with Crippen LogP contribution in [0.15, 0.2) is 0 Å². The molecule has 6 nitrogen and oxygen atoms in total. The monoisotopic (exact) mass is 326 g/mol. The Labute approximate surface area is 137 Å². The first-order chi connectivity index (χ1) is 10.9. The number of hydrogen-bond acceptors (Lipinski definition) is 5. The van der Waals surface area contributed by atoms with E-state index in [1.807, 2.05) is 6.92 Å². The molecule has 0 saturated heterocycles. The number of ether oxygens (including phenoxy) is 3. The van der Waals surface area contributed by atoms with E-state index in [9.17, 15) is 9.90 Å². The molecule has 0 amide bonds. The molecule has 0 saturated carbocycles. The molecule has 1 rings (SSSR count). The number of unbranched alkanes of at least 4 members (excludes halogenated alkanes) is 2. The van der Waals surface area contributed by atoms with Crippen molar-refractivity contribution >= 4 is 6.16 Å². The third-order valence-electron chi connectivity index (χ3n) is 3.56. The third-order valence-corrected chi connectivity index (χ3v) is 3.56. The van der Waals surface area contributed by atoms with Crippen molar-refractivity contribution in [3.05, 3.63) is 11.1 Å². The molecule has 2 N–H and O–H groups in total. The molecule has 0 aliphatic heterocycles. The summed E-state index contributed by atoms with van der Waals surface area (Å²) in [4.78, 5) is 10.9. The van der Waals surface area contributed by atoms with E-state index in [4.69, 9.17) is 19.3 Å². The first-order valence-electron chi connectivity index (χ1n) is 7.96. The van der Waals surface area contributed by atoms with Crippen molar-refractivity contribution in [2.45, 2.75) is 53.4 Å². The topological polar surface area (TPSA) is 85.2 Å². The van der Waals surface area contributed by atoms with Crippen LogP contribution in [0.5, 0.6) is 23.0 Å². The Morgan fingerprint density at radius 1 is 0.913 bits per heavy atom. The van der Waals surface area contributed by atoms with Gasteiger partial charge in [-0.3, -0.25) is 0 Å². The van der Waals surface area contributed by atoms with Crippen molar-refractivity contribution in [3.8, 4) is 23.0 Å². The first-order valence-corrected chi connectivity index (χ1v) is 7.96. The molecule has 6 heteroatoms. The number of benzene rings is 1. The summed E-state index contributed by atoms with van der Waals surface area (Å²) in [5, 5.41) is 19.2. The van der Waals surface area contributed by atoms with Crippen LogP contribution in [0.3, 0.4) is 0 Å². The quantitative estimate of drug-likeness (QED) is 0.397. The second-order valence-corrected chi connectivity index (χ2v) is 5.36. The van der Waals surface area contributed by atoms with Crippen molar-refractivity contribution in [3.63, 3.8) is 0 Å². The molecule has 0 unspecified atom stereocenters. The van der Waals surface area contributed by atoms with Gasteiger partial charge < -0.3 is 24.4 Å². The second-order valence-electron chi connectivity index (χ2n) is 5.36. The molecule has 130 valence electrons. The van der Waals surface area contributed by atoms with Crippen LogP contribution in [0.25, 0.3) is 0 Å². The number of aromatic hydroxyl groups is 1. The summed E-state index contributed by atoms with van der Waals surface area (Å²) >= 11 is 0. The highest BCUT2D eigenvalue weighted by Crippen LogP contribution is 2.49. The lowest BCUT2D eigenvalue weighted by Crippen LogP contribution is -2.10. The van der Waals surface area contributed by atoms with Gasteiger partial charge in [0, 0.05) is 11.1 Å². The number of rotatable bonds is 9. The van der Waals surface area contributed by atoms with E-state index in [1.54, 1.807) is 13.8 Å². The Kier molecular flexibility index (Phi) is 7.51. The SMILES string of the molecule is CCCCOc1c(C)c(C)c(O)c(OC(=O)O)c1OCCCC. The fraction of sp³-hybridized carbons (Fsp3) is 0.588. The molecule has 0 aliphatic rings. The highest BCUT2D eigenvalue weighted by molar-refractivity contribution is 5.71. The van der Waals surface area contributed by atoms with Crippen molar-refractivity contribution in [1.82, 2.24) is 0 Å². The zero-order valence-corrected chi connectivity index (χ0v) is 14.3. The van der Waals surface area contributed by atoms with E-state index in [2.05, 4.69) is 6.92 Å². The lowest BCUT2D eigenvalue weighted by atomic mass is 10.1. The number of phenolic OH excluding ortho intramolecular Hbond substituents is 1. The molecule has 23 heavy (non-hydrogen) atoms. The maximum absolute atomic E-state index is 10.9. The van der Waals surface area contributed by atoms with Crippen LogP contribution in [0, 0.1) is 13.8 Å². The van der Waals surface area contributed by atoms with Gasteiger partial charge in [0.2, 0.25) is 11.5 Å². The van der Waals surface area contributed by atoms with E-state index in [0.29, 0.717) is 30.1 Å². The molecule has 0 aliphatic carbocycles. The van der Waals surface area contributed by atoms with E-state index in [-0.39, 0.29) is 17.2 Å². The fourth-order valence-corrected chi connectivity index (χ4v) is 2.02. The Morgan fingerprint density at radius 3 is 1.91 bits per heavy atom. The molecular weight excluding hydrogens is 300 g/mol. The maximum atomic E-state index is 10.9. The predicted molar refractivity (Wildman–Crippen MR) is 87.0 cm³/mol. The lowest BCUT2D eigenvalue weighted by molar-refractivity contribution is 0.139. The normalized spacial score (nSPS) is 10.4. The molecular formula is C17H26O6. The van der Waals surface area contributed by atoms with Gasteiger partial charge in [0.1, 0.15) is 0 Å². The molecule has 0 spiro atoms. The van der Waals surface area contributed by atoms with E-state index >= 15 is 0 Å². The summed E-state index contributed by atoms with van der Waals surface area (Å²) in [6.45, 7) is 8.43. The fourth-order valence-electron chi connectivity index (χ4n) is 2.02. The summed E-state index contributed by atoms with van der Waals surface area (Å²) in [7, 11) is 0. The van der Waals surface area contributed by atoms with Crippen molar-refractivity contribution in [1.29, 1.82) is 0 Å². The minimum atomic E-state index is -1.51. The molecule has 0 radical (unpaired) electrons. The highest BCUT2D eigenvalue weighted by Gasteiger charge is 2.25. The van der Waals surface area contributed by atoms with Crippen LogP contribution in [0.2, 0.25) is 0 Å². The van der Waals surface area contributed by atoms with E-state index in [1.165, 1.54) is 0 Å². The highest BCUT2D eigenvalue weighted by atomic mass is 16.7. The van der Waals surface area contributed by atoms with Gasteiger partial charge in [-0.1, -0.05) is 26.7 Å². The van der Waals surface area contributed by atoms with Crippen LogP contribution in [0.1, 0.15) is 50.7 Å². The van der Waals surface area contributed by atoms with Crippen LogP contribution in [-0.4, -0.2) is 29.6 Å². The summed E-state index contributed by atoms with van der Waals surface area (Å²) < 4.78 is 16.2. The minimum Gasteiger partial charge on any atom is -0.504 e. The van der Waals surface area contributed by atoms with Crippen molar-refractivity contribution < 1.29 is 29.2 Å². The maximum Gasteiger partial charge on any atom is 0.511 e. The predicted octanol–water partition coefficient (Wildman–Crippen LogP) is 4.42. The van der Waals surface area contributed by atoms with Gasteiger partial charge in [0.05, 0.1) is 13.2 Å². The molecule has 0 fully saturated rings. The van der Waals surface area contributed by atoms with Crippen molar-refractivity contribution in [2.24, 2.45) is 0 Å². The third kappa shape index (κ3) is 4.94.